The number of nitrogens with one attached hydrogen (secondary N) is 2. The second kappa shape index (κ2) is 8.41. The molecule has 0 saturated heterocycles. The maximum absolute atomic E-state index is 13.8. The van der Waals surface area contributed by atoms with Crippen LogP contribution >= 0.6 is 0 Å². The van der Waals surface area contributed by atoms with E-state index >= 15 is 0 Å². The van der Waals surface area contributed by atoms with Crippen molar-refractivity contribution in [2.45, 2.75) is 46.7 Å². The number of Topliss-reactive ketones (excluding diaryl/α,β-unsaturated/α-hetero) is 1. The second-order valence-electron chi connectivity index (χ2n) is 11.2. The number of para-hydroxylation sites is 1. The standard InChI is InChI=1S/C32H33N3O/c1-20-14-25-26(15-21(20)2)34-31(30-27(33-25)16-32(3,4)17-29(30)36)24-19-35(18-22-10-6-5-7-11-22)28-13-9-8-12-23(24)28/h5-16,19,30-31,33-34H,17-18H2,1-4H3/t30-,31-/m1/s1. The Hall–Kier alpha value is -3.79. The number of anilines is 2. The number of nitrogens with zero attached hydrogens (tertiary/aromatic N) is 1. The van der Waals surface area contributed by atoms with E-state index in [0.717, 1.165) is 23.6 Å². The normalized spacial score (nSPS) is 20.6. The van der Waals surface area contributed by atoms with Crippen molar-refractivity contribution >= 4 is 28.1 Å². The predicted octanol–water partition coefficient (Wildman–Crippen LogP) is 7.38. The Morgan fingerprint density at radius 3 is 2.42 bits per heavy atom. The molecule has 4 aromatic rings. The fourth-order valence-electron chi connectivity index (χ4n) is 5.91. The van der Waals surface area contributed by atoms with Crippen LogP contribution in [0.3, 0.4) is 0 Å². The van der Waals surface area contributed by atoms with E-state index in [2.05, 4.69) is 122 Å². The van der Waals surface area contributed by atoms with Gasteiger partial charge >= 0.3 is 0 Å². The summed E-state index contributed by atoms with van der Waals surface area (Å²) in [5, 5.41) is 8.70. The van der Waals surface area contributed by atoms with Gasteiger partial charge in [0.2, 0.25) is 0 Å². The monoisotopic (exact) mass is 475 g/mol. The molecule has 36 heavy (non-hydrogen) atoms. The predicted molar refractivity (Wildman–Crippen MR) is 148 cm³/mol. The molecule has 2 N–H and O–H groups in total. The zero-order valence-corrected chi connectivity index (χ0v) is 21.4. The Morgan fingerprint density at radius 2 is 1.64 bits per heavy atom. The maximum atomic E-state index is 13.8. The number of aromatic nitrogens is 1. The highest BCUT2D eigenvalue weighted by atomic mass is 16.1. The third-order valence-corrected chi connectivity index (χ3v) is 7.77. The summed E-state index contributed by atoms with van der Waals surface area (Å²) in [5.41, 5.74) is 9.00. The van der Waals surface area contributed by atoms with Gasteiger partial charge in [-0.05, 0) is 54.2 Å². The highest BCUT2D eigenvalue weighted by molar-refractivity contribution is 5.93. The van der Waals surface area contributed by atoms with Gasteiger partial charge in [0, 0.05) is 41.3 Å². The van der Waals surface area contributed by atoms with Gasteiger partial charge in [-0.15, -0.1) is 0 Å². The van der Waals surface area contributed by atoms with Crippen molar-refractivity contribution < 1.29 is 4.79 Å². The van der Waals surface area contributed by atoms with Gasteiger partial charge in [-0.1, -0.05) is 68.5 Å². The Morgan fingerprint density at radius 1 is 0.944 bits per heavy atom. The summed E-state index contributed by atoms with van der Waals surface area (Å²) in [6.45, 7) is 9.37. The van der Waals surface area contributed by atoms with Gasteiger partial charge in [0.1, 0.15) is 5.78 Å². The molecule has 0 spiro atoms. The first-order chi connectivity index (χ1) is 17.3. The van der Waals surface area contributed by atoms with Crippen LogP contribution in [0.5, 0.6) is 0 Å². The van der Waals surface area contributed by atoms with Crippen LogP contribution in [0.1, 0.15) is 48.6 Å². The Balaban J connectivity index is 1.54. The fraction of sp³-hybridized carbons (Fsp3) is 0.281. The molecule has 1 aromatic heterocycles. The summed E-state index contributed by atoms with van der Waals surface area (Å²) in [6.07, 6.45) is 5.07. The van der Waals surface area contributed by atoms with Crippen LogP contribution in [0.15, 0.2) is 84.7 Å². The molecule has 0 amide bonds. The highest BCUT2D eigenvalue weighted by Gasteiger charge is 2.42. The van der Waals surface area contributed by atoms with Crippen molar-refractivity contribution in [2.24, 2.45) is 11.3 Å². The molecule has 0 unspecified atom stereocenters. The Labute approximate surface area is 213 Å². The second-order valence-corrected chi connectivity index (χ2v) is 11.2. The smallest absolute Gasteiger partial charge is 0.145 e. The lowest BCUT2D eigenvalue weighted by atomic mass is 9.72. The molecule has 2 atom stereocenters. The Bertz CT molecular complexity index is 1510. The molecular weight excluding hydrogens is 442 g/mol. The van der Waals surface area contributed by atoms with E-state index in [1.54, 1.807) is 0 Å². The molecule has 0 fully saturated rings. The summed E-state index contributed by atoms with van der Waals surface area (Å²) in [5.74, 6) is 0.00524. The topological polar surface area (TPSA) is 46.1 Å². The van der Waals surface area contributed by atoms with Gasteiger partial charge in [-0.2, -0.15) is 0 Å². The lowest BCUT2D eigenvalue weighted by molar-refractivity contribution is -0.124. The Kier molecular flexibility index (Phi) is 5.29. The molecule has 3 aromatic carbocycles. The number of ketones is 1. The summed E-state index contributed by atoms with van der Waals surface area (Å²) in [7, 11) is 0. The van der Waals surface area contributed by atoms with E-state index in [-0.39, 0.29) is 23.2 Å². The van der Waals surface area contributed by atoms with Crippen LogP contribution in [0.2, 0.25) is 0 Å². The number of aryl methyl sites for hydroxylation is 2. The number of benzene rings is 3. The number of hydrogen-bond donors (Lipinski definition) is 2. The van der Waals surface area contributed by atoms with Gasteiger partial charge in [0.25, 0.3) is 0 Å². The highest BCUT2D eigenvalue weighted by Crippen LogP contribution is 2.47. The van der Waals surface area contributed by atoms with E-state index in [1.165, 1.54) is 33.2 Å². The van der Waals surface area contributed by atoms with Crippen molar-refractivity contribution in [3.05, 3.63) is 107 Å². The van der Waals surface area contributed by atoms with Crippen LogP contribution in [-0.4, -0.2) is 10.4 Å². The molecular formula is C32H33N3O. The molecule has 6 rings (SSSR count). The molecule has 2 heterocycles. The first-order valence-electron chi connectivity index (χ1n) is 12.8. The third-order valence-electron chi connectivity index (χ3n) is 7.77. The summed E-state index contributed by atoms with van der Waals surface area (Å²) < 4.78 is 2.32. The first-order valence-corrected chi connectivity index (χ1v) is 12.8. The summed E-state index contributed by atoms with van der Waals surface area (Å²) in [4.78, 5) is 13.8. The lowest BCUT2D eigenvalue weighted by Crippen LogP contribution is -2.36. The van der Waals surface area contributed by atoms with Crippen LogP contribution in [0, 0.1) is 25.2 Å². The number of carbonyl (C=O) groups is 1. The number of rotatable bonds is 3. The summed E-state index contributed by atoms with van der Waals surface area (Å²) in [6, 6.07) is 23.3. The molecule has 4 nitrogen and oxygen atoms in total. The lowest BCUT2D eigenvalue weighted by Gasteiger charge is -2.35. The fourth-order valence-corrected chi connectivity index (χ4v) is 5.91. The van der Waals surface area contributed by atoms with E-state index in [9.17, 15) is 4.79 Å². The minimum Gasteiger partial charge on any atom is -0.375 e. The van der Waals surface area contributed by atoms with E-state index in [1.807, 2.05) is 0 Å². The SMILES string of the molecule is Cc1cc2c(cc1C)N[C@H](c1cn(Cc3ccccc3)c3ccccc13)[C@H]1C(=O)CC(C)(C)C=C1N2. The molecule has 182 valence electrons. The minimum atomic E-state index is -0.276. The summed E-state index contributed by atoms with van der Waals surface area (Å²) >= 11 is 0. The average Bonchev–Trinajstić information content (AvgIpc) is 3.11. The van der Waals surface area contributed by atoms with Crippen molar-refractivity contribution in [3.63, 3.8) is 0 Å². The minimum absolute atomic E-state index is 0.169. The van der Waals surface area contributed by atoms with Crippen molar-refractivity contribution in [1.29, 1.82) is 0 Å². The van der Waals surface area contributed by atoms with Crippen molar-refractivity contribution in [1.82, 2.24) is 4.57 Å². The van der Waals surface area contributed by atoms with Crippen LogP contribution in [0.25, 0.3) is 10.9 Å². The van der Waals surface area contributed by atoms with E-state index in [4.69, 9.17) is 0 Å². The van der Waals surface area contributed by atoms with Gasteiger partial charge in [-0.25, -0.2) is 0 Å². The zero-order chi connectivity index (χ0) is 25.0. The zero-order valence-electron chi connectivity index (χ0n) is 21.4. The van der Waals surface area contributed by atoms with Crippen LogP contribution < -0.4 is 10.6 Å². The van der Waals surface area contributed by atoms with Crippen LogP contribution in [-0.2, 0) is 11.3 Å². The average molecular weight is 476 g/mol. The molecule has 1 aliphatic carbocycles. The maximum Gasteiger partial charge on any atom is 0.145 e. The largest absolute Gasteiger partial charge is 0.375 e. The molecule has 1 aliphatic heterocycles. The van der Waals surface area contributed by atoms with Crippen LogP contribution in [0.4, 0.5) is 11.4 Å². The first kappa shape index (κ1) is 22.7. The van der Waals surface area contributed by atoms with Crippen molar-refractivity contribution in [3.8, 4) is 0 Å². The third kappa shape index (κ3) is 3.91. The van der Waals surface area contributed by atoms with Gasteiger partial charge < -0.3 is 15.2 Å². The molecule has 0 saturated carbocycles. The number of allylic oxidation sites excluding steroid dienone is 1. The molecule has 0 radical (unpaired) electrons. The van der Waals surface area contributed by atoms with Crippen molar-refractivity contribution in [2.75, 3.05) is 10.6 Å². The van der Waals surface area contributed by atoms with E-state index in [0.29, 0.717) is 6.42 Å². The van der Waals surface area contributed by atoms with Gasteiger partial charge in [0.05, 0.1) is 23.3 Å². The van der Waals surface area contributed by atoms with E-state index < -0.39 is 0 Å². The molecule has 2 aliphatic rings. The number of hydrogen-bond acceptors (Lipinski definition) is 3. The quantitative estimate of drug-likeness (QED) is 0.325. The van der Waals surface area contributed by atoms with Gasteiger partial charge in [-0.3, -0.25) is 4.79 Å². The molecule has 0 bridgehead atoms. The number of fused-ring (bicyclic) bond motifs is 3. The van der Waals surface area contributed by atoms with Gasteiger partial charge in [0.15, 0.2) is 0 Å². The molecule has 4 heteroatoms. The number of carbonyl (C=O) groups excluding carboxylic acids is 1.